The molecule has 1 aromatic heterocycles. The van der Waals surface area contributed by atoms with E-state index in [1.165, 1.54) is 10.5 Å². The molecule has 2 rings (SSSR count). The third kappa shape index (κ3) is 3.99. The molecule has 1 aliphatic heterocycles. The van der Waals surface area contributed by atoms with Gasteiger partial charge in [0.1, 0.15) is 6.54 Å². The number of hydrogen-bond acceptors (Lipinski definition) is 2. The maximum atomic E-state index is 12.0. The number of aromatic nitrogens is 1. The quantitative estimate of drug-likeness (QED) is 0.750. The fourth-order valence-electron chi connectivity index (χ4n) is 2.47. The largest absolute Gasteiger partial charge is 0.329 e. The molecular weight excluding hydrogens is 262 g/mol. The highest BCUT2D eigenvalue weighted by atomic mass is 32.2. The van der Waals surface area contributed by atoms with Gasteiger partial charge >= 0.3 is 0 Å². The second-order valence-electron chi connectivity index (χ2n) is 5.05. The lowest BCUT2D eigenvalue weighted by Gasteiger charge is -2.31. The van der Waals surface area contributed by atoms with Crippen molar-refractivity contribution in [1.29, 1.82) is 0 Å². The first-order chi connectivity index (χ1) is 9.12. The second kappa shape index (κ2) is 6.45. The van der Waals surface area contributed by atoms with E-state index in [1.54, 1.807) is 4.31 Å². The van der Waals surface area contributed by atoms with Crippen LogP contribution in [0.15, 0.2) is 24.5 Å². The Morgan fingerprint density at radius 1 is 1.37 bits per heavy atom. The van der Waals surface area contributed by atoms with Gasteiger partial charge in [0.2, 0.25) is 10.0 Å². The van der Waals surface area contributed by atoms with Gasteiger partial charge in [-0.1, -0.05) is 6.92 Å². The van der Waals surface area contributed by atoms with E-state index >= 15 is 0 Å². The van der Waals surface area contributed by atoms with Gasteiger partial charge in [-0.15, -0.1) is 0 Å². The van der Waals surface area contributed by atoms with Gasteiger partial charge in [-0.2, -0.15) is 4.31 Å². The predicted molar refractivity (Wildman–Crippen MR) is 73.0 cm³/mol. The highest BCUT2D eigenvalue weighted by Crippen LogP contribution is 2.03. The van der Waals surface area contributed by atoms with Crippen LogP contribution in [-0.2, 0) is 16.6 Å². The van der Waals surface area contributed by atoms with Crippen LogP contribution in [0.3, 0.4) is 0 Å². The first-order valence-corrected chi connectivity index (χ1v) is 8.49. The fourth-order valence-corrected chi connectivity index (χ4v) is 3.99. The van der Waals surface area contributed by atoms with E-state index in [4.69, 9.17) is 0 Å². The number of piperazine rings is 1. The Kier molecular flexibility index (Phi) is 4.90. The Balaban J connectivity index is 1.86. The van der Waals surface area contributed by atoms with Crippen LogP contribution in [0.25, 0.3) is 0 Å². The summed E-state index contributed by atoms with van der Waals surface area (Å²) in [5, 5.41) is 0. The molecule has 0 atom stereocenters. The van der Waals surface area contributed by atoms with Crippen molar-refractivity contribution in [2.24, 2.45) is 0 Å². The number of sulfonamides is 1. The maximum absolute atomic E-state index is 12.0. The number of nitrogens with one attached hydrogen (secondary N) is 2. The summed E-state index contributed by atoms with van der Waals surface area (Å²) in [6.07, 6.45) is 4.59. The predicted octanol–water partition coefficient (Wildman–Crippen LogP) is -1.06. The van der Waals surface area contributed by atoms with Gasteiger partial charge in [-0.25, -0.2) is 13.4 Å². The molecule has 0 radical (unpaired) electrons. The van der Waals surface area contributed by atoms with Gasteiger partial charge in [0.25, 0.3) is 0 Å². The molecule has 1 saturated heterocycles. The number of rotatable bonds is 5. The molecule has 106 valence electrons. The van der Waals surface area contributed by atoms with E-state index in [2.05, 4.69) is 11.1 Å². The van der Waals surface area contributed by atoms with Crippen molar-refractivity contribution in [3.63, 3.8) is 0 Å². The summed E-state index contributed by atoms with van der Waals surface area (Å²) in [5.74, 6) is 0.274. The SMILES string of the molecule is CCCS(=O)(=O)N1CC[NH+](Cc2ccc[nH+]c2)CC1. The molecule has 5 nitrogen and oxygen atoms in total. The molecule has 1 aromatic rings. The van der Waals surface area contributed by atoms with E-state index in [0.29, 0.717) is 19.5 Å². The Bertz CT molecular complexity index is 482. The van der Waals surface area contributed by atoms with E-state index < -0.39 is 10.0 Å². The van der Waals surface area contributed by atoms with Crippen molar-refractivity contribution >= 4 is 10.0 Å². The molecule has 19 heavy (non-hydrogen) atoms. The van der Waals surface area contributed by atoms with Gasteiger partial charge in [-0.3, -0.25) is 0 Å². The third-order valence-electron chi connectivity index (χ3n) is 3.51. The van der Waals surface area contributed by atoms with Gasteiger partial charge in [0.05, 0.1) is 37.5 Å². The summed E-state index contributed by atoms with van der Waals surface area (Å²) in [4.78, 5) is 4.53. The summed E-state index contributed by atoms with van der Waals surface area (Å²) >= 11 is 0. The van der Waals surface area contributed by atoms with Gasteiger partial charge in [-0.05, 0) is 12.5 Å². The van der Waals surface area contributed by atoms with Crippen molar-refractivity contribution in [2.45, 2.75) is 19.9 Å². The van der Waals surface area contributed by atoms with Gasteiger partial charge < -0.3 is 4.90 Å². The van der Waals surface area contributed by atoms with Gasteiger partial charge in [0.15, 0.2) is 12.4 Å². The maximum Gasteiger partial charge on any atom is 0.214 e. The van der Waals surface area contributed by atoms with Crippen LogP contribution in [0, 0.1) is 0 Å². The lowest BCUT2D eigenvalue weighted by atomic mass is 10.2. The summed E-state index contributed by atoms with van der Waals surface area (Å²) in [6, 6.07) is 4.10. The zero-order valence-electron chi connectivity index (χ0n) is 11.4. The average Bonchev–Trinajstić information content (AvgIpc) is 2.40. The first kappa shape index (κ1) is 14.4. The van der Waals surface area contributed by atoms with Crippen LogP contribution in [-0.4, -0.2) is 44.7 Å². The standard InChI is InChI=1S/C13H21N3O2S/c1-2-10-19(17,18)16-8-6-15(7-9-16)12-13-4-3-5-14-11-13/h3-5,11H,2,6-10,12H2,1H3/p+2. The van der Waals surface area contributed by atoms with Gasteiger partial charge in [0, 0.05) is 6.07 Å². The number of hydrogen-bond donors (Lipinski definition) is 1. The van der Waals surface area contributed by atoms with Crippen LogP contribution in [0.5, 0.6) is 0 Å². The van der Waals surface area contributed by atoms with E-state index in [-0.39, 0.29) is 5.75 Å². The van der Waals surface area contributed by atoms with E-state index in [0.717, 1.165) is 19.6 Å². The van der Waals surface area contributed by atoms with Crippen molar-refractivity contribution in [2.75, 3.05) is 31.9 Å². The minimum absolute atomic E-state index is 0.274. The van der Waals surface area contributed by atoms with Crippen molar-refractivity contribution < 1.29 is 18.3 Å². The lowest BCUT2D eigenvalue weighted by molar-refractivity contribution is -0.917. The molecule has 0 aromatic carbocycles. The number of H-pyrrole nitrogens is 1. The average molecular weight is 285 g/mol. The Labute approximate surface area is 115 Å². The van der Waals surface area contributed by atoms with Crippen LogP contribution in [0.2, 0.25) is 0 Å². The number of quaternary nitrogens is 1. The smallest absolute Gasteiger partial charge is 0.214 e. The molecule has 6 heteroatoms. The summed E-state index contributed by atoms with van der Waals surface area (Å²) < 4.78 is 25.6. The van der Waals surface area contributed by atoms with Crippen molar-refractivity contribution in [1.82, 2.24) is 4.31 Å². The zero-order chi connectivity index (χ0) is 13.7. The number of aromatic amines is 1. The highest BCUT2D eigenvalue weighted by Gasteiger charge is 2.28. The molecule has 0 unspecified atom stereocenters. The van der Waals surface area contributed by atoms with Crippen LogP contribution < -0.4 is 9.88 Å². The lowest BCUT2D eigenvalue weighted by Crippen LogP contribution is -3.13. The Hall–Kier alpha value is -0.980. The van der Waals surface area contributed by atoms with Crippen molar-refractivity contribution in [3.8, 4) is 0 Å². The number of pyridine rings is 1. The molecule has 2 heterocycles. The van der Waals surface area contributed by atoms with Crippen LogP contribution in [0.4, 0.5) is 0 Å². The molecule has 0 spiro atoms. The fraction of sp³-hybridized carbons (Fsp3) is 0.615. The Morgan fingerprint density at radius 3 is 2.68 bits per heavy atom. The van der Waals surface area contributed by atoms with Crippen LogP contribution in [0.1, 0.15) is 18.9 Å². The van der Waals surface area contributed by atoms with E-state index in [1.807, 2.05) is 25.4 Å². The van der Waals surface area contributed by atoms with Crippen LogP contribution >= 0.6 is 0 Å². The minimum Gasteiger partial charge on any atom is -0.329 e. The topological polar surface area (TPSA) is 56.0 Å². The molecule has 1 aliphatic rings. The number of nitrogens with zero attached hydrogens (tertiary/aromatic N) is 1. The second-order valence-corrected chi connectivity index (χ2v) is 7.14. The summed E-state index contributed by atoms with van der Waals surface area (Å²) in [6.45, 7) is 5.93. The molecule has 0 amide bonds. The highest BCUT2D eigenvalue weighted by molar-refractivity contribution is 7.89. The molecule has 2 N–H and O–H groups in total. The molecular formula is C13H23N3O2S+2. The summed E-state index contributed by atoms with van der Waals surface area (Å²) in [7, 11) is -3.02. The Morgan fingerprint density at radius 2 is 2.11 bits per heavy atom. The third-order valence-corrected chi connectivity index (χ3v) is 5.59. The normalized spacial score (nSPS) is 18.6. The zero-order valence-corrected chi connectivity index (χ0v) is 12.2. The minimum atomic E-state index is -3.02. The van der Waals surface area contributed by atoms with Crippen molar-refractivity contribution in [3.05, 3.63) is 30.1 Å². The van der Waals surface area contributed by atoms with E-state index in [9.17, 15) is 8.42 Å². The summed E-state index contributed by atoms with van der Waals surface area (Å²) in [5.41, 5.74) is 1.27. The molecule has 0 saturated carbocycles. The molecule has 0 bridgehead atoms. The first-order valence-electron chi connectivity index (χ1n) is 6.88. The molecule has 1 fully saturated rings. The molecule has 0 aliphatic carbocycles. The monoisotopic (exact) mass is 285 g/mol.